The molecule has 158 valence electrons. The normalized spacial score (nSPS) is 10.5. The summed E-state index contributed by atoms with van der Waals surface area (Å²) in [7, 11) is 4.09. The average Bonchev–Trinajstić information content (AvgIpc) is 2.76. The molecule has 0 atom stereocenters. The lowest BCUT2D eigenvalue weighted by molar-refractivity contribution is 0.817. The van der Waals surface area contributed by atoms with Crippen LogP contribution < -0.4 is 16.0 Å². The van der Waals surface area contributed by atoms with Crippen molar-refractivity contribution in [1.29, 1.82) is 0 Å². The van der Waals surface area contributed by atoms with Crippen molar-refractivity contribution >= 4 is 5.69 Å². The maximum Gasteiger partial charge on any atom is 0.0426 e. The molecule has 0 aromatic heterocycles. The number of nitrogens with zero attached hydrogens (tertiary/aromatic N) is 1. The van der Waals surface area contributed by atoms with Gasteiger partial charge < -0.3 is 16.0 Å². The molecular weight excluding hydrogens is 354 g/mol. The molecular formula is C26H39N3. The predicted octanol–water partition coefficient (Wildman–Crippen LogP) is 5.70. The second-order valence-corrected chi connectivity index (χ2v) is 6.32. The number of rotatable bonds is 8. The van der Waals surface area contributed by atoms with Gasteiger partial charge in [0.05, 0.1) is 0 Å². The van der Waals surface area contributed by atoms with Crippen molar-refractivity contribution in [1.82, 2.24) is 5.32 Å². The van der Waals surface area contributed by atoms with Crippen molar-refractivity contribution in [2.24, 2.45) is 5.73 Å². The molecule has 0 radical (unpaired) electrons. The van der Waals surface area contributed by atoms with Crippen molar-refractivity contribution in [3.8, 4) is 0 Å². The van der Waals surface area contributed by atoms with E-state index in [-0.39, 0.29) is 0 Å². The van der Waals surface area contributed by atoms with Gasteiger partial charge in [-0.05, 0) is 37.2 Å². The van der Waals surface area contributed by atoms with Crippen LogP contribution in [0.4, 0.5) is 5.69 Å². The minimum absolute atomic E-state index is 0.600. The van der Waals surface area contributed by atoms with E-state index >= 15 is 0 Å². The first-order valence-corrected chi connectivity index (χ1v) is 10.2. The average molecular weight is 394 g/mol. The molecule has 0 aliphatic rings. The highest BCUT2D eigenvalue weighted by molar-refractivity contribution is 5.47. The van der Waals surface area contributed by atoms with Crippen molar-refractivity contribution in [2.45, 2.75) is 33.9 Å². The molecule has 0 unspecified atom stereocenters. The molecule has 0 bridgehead atoms. The van der Waals surface area contributed by atoms with Crippen LogP contribution in [0.2, 0.25) is 0 Å². The Hall–Kier alpha value is -2.62. The van der Waals surface area contributed by atoms with Crippen LogP contribution in [0, 0.1) is 0 Å². The van der Waals surface area contributed by atoms with Gasteiger partial charge in [-0.2, -0.15) is 0 Å². The molecule has 3 N–H and O–H groups in total. The van der Waals surface area contributed by atoms with Crippen LogP contribution in [-0.2, 0) is 13.1 Å². The molecule has 0 saturated carbocycles. The Morgan fingerprint density at radius 3 is 2.17 bits per heavy atom. The van der Waals surface area contributed by atoms with Gasteiger partial charge in [0, 0.05) is 32.4 Å². The highest BCUT2D eigenvalue weighted by Gasteiger charge is 2.01. The summed E-state index contributed by atoms with van der Waals surface area (Å²) in [5.74, 6) is 0. The van der Waals surface area contributed by atoms with Gasteiger partial charge in [0.2, 0.25) is 0 Å². The van der Waals surface area contributed by atoms with Crippen molar-refractivity contribution in [3.63, 3.8) is 0 Å². The van der Waals surface area contributed by atoms with Gasteiger partial charge in [-0.3, -0.25) is 0 Å². The first-order chi connectivity index (χ1) is 14.1. The second kappa shape index (κ2) is 17.5. The Kier molecular flexibility index (Phi) is 15.9. The van der Waals surface area contributed by atoms with E-state index in [9.17, 15) is 0 Å². The highest BCUT2D eigenvalue weighted by Crippen LogP contribution is 2.16. The number of hydrogen-bond acceptors (Lipinski definition) is 3. The van der Waals surface area contributed by atoms with Crippen LogP contribution in [0.5, 0.6) is 0 Å². The molecule has 3 nitrogen and oxygen atoms in total. The Morgan fingerprint density at radius 2 is 1.66 bits per heavy atom. The van der Waals surface area contributed by atoms with E-state index in [1.807, 2.05) is 46.0 Å². The summed E-state index contributed by atoms with van der Waals surface area (Å²) >= 11 is 0. The summed E-state index contributed by atoms with van der Waals surface area (Å²) in [4.78, 5) is 2.26. The topological polar surface area (TPSA) is 41.3 Å². The van der Waals surface area contributed by atoms with Gasteiger partial charge in [0.25, 0.3) is 0 Å². The summed E-state index contributed by atoms with van der Waals surface area (Å²) in [6, 6.07) is 19.2. The van der Waals surface area contributed by atoms with E-state index in [4.69, 9.17) is 5.73 Å². The summed E-state index contributed by atoms with van der Waals surface area (Å²) in [5.41, 5.74) is 10.3. The Balaban J connectivity index is 0.000000606. The van der Waals surface area contributed by atoms with E-state index in [2.05, 4.69) is 78.4 Å². The molecule has 29 heavy (non-hydrogen) atoms. The summed E-state index contributed by atoms with van der Waals surface area (Å²) in [5, 5.41) is 3.16. The smallest absolute Gasteiger partial charge is 0.0426 e. The number of anilines is 1. The largest absolute Gasteiger partial charge is 0.370 e. The van der Waals surface area contributed by atoms with E-state index in [0.29, 0.717) is 6.54 Å². The monoisotopic (exact) mass is 393 g/mol. The third kappa shape index (κ3) is 12.5. The van der Waals surface area contributed by atoms with E-state index < -0.39 is 0 Å². The van der Waals surface area contributed by atoms with Crippen LogP contribution in [0.1, 0.15) is 31.9 Å². The molecule has 0 heterocycles. The van der Waals surface area contributed by atoms with Gasteiger partial charge >= 0.3 is 0 Å². The molecule has 0 fully saturated rings. The predicted molar refractivity (Wildman–Crippen MR) is 131 cm³/mol. The lowest BCUT2D eigenvalue weighted by Crippen LogP contribution is -2.16. The van der Waals surface area contributed by atoms with Crippen LogP contribution in [-0.4, -0.2) is 20.6 Å². The van der Waals surface area contributed by atoms with Gasteiger partial charge in [0.15, 0.2) is 0 Å². The Labute approximate surface area is 178 Å². The van der Waals surface area contributed by atoms with E-state index in [1.54, 1.807) is 6.08 Å². The van der Waals surface area contributed by atoms with Crippen LogP contribution in [0.25, 0.3) is 0 Å². The van der Waals surface area contributed by atoms with Crippen molar-refractivity contribution in [2.75, 3.05) is 25.5 Å². The Bertz CT molecular complexity index is 700. The summed E-state index contributed by atoms with van der Waals surface area (Å²) in [6.45, 7) is 12.0. The Morgan fingerprint density at radius 1 is 1.03 bits per heavy atom. The third-order valence-corrected chi connectivity index (χ3v) is 3.92. The fraction of sp³-hybridized carbons (Fsp3) is 0.308. The minimum Gasteiger partial charge on any atom is -0.370 e. The summed E-state index contributed by atoms with van der Waals surface area (Å²) in [6.07, 6.45) is 7.58. The van der Waals surface area contributed by atoms with E-state index in [1.165, 1.54) is 22.4 Å². The zero-order valence-corrected chi connectivity index (χ0v) is 18.9. The number of nitrogens with one attached hydrogen (secondary N) is 1. The van der Waals surface area contributed by atoms with Crippen LogP contribution in [0.15, 0.2) is 91.1 Å². The first kappa shape index (κ1) is 26.4. The van der Waals surface area contributed by atoms with Gasteiger partial charge in [-0.1, -0.05) is 92.8 Å². The van der Waals surface area contributed by atoms with Gasteiger partial charge in [0.1, 0.15) is 0 Å². The molecule has 0 aliphatic heterocycles. The number of nitrogens with two attached hydrogens (primary N) is 1. The second-order valence-electron chi connectivity index (χ2n) is 6.32. The standard InChI is InChI=1S/C16H20N2.C8H13N.C2H6/c1-17-12-14-8-10-16(11-9-14)18(2)13-15-6-4-3-5-7-15;1-3-5-8(2)6-4-7-9;1-2/h3-11,17H,12-13H2,1-2H3;3-6H,1,7,9H2,2H3;1-2H3/b;6-4-,8-5+;. The quantitative estimate of drug-likeness (QED) is 0.565. The molecule has 2 aromatic rings. The van der Waals surface area contributed by atoms with Crippen molar-refractivity contribution in [3.05, 3.63) is 102 Å². The zero-order valence-electron chi connectivity index (χ0n) is 18.9. The highest BCUT2D eigenvalue weighted by atomic mass is 15.1. The third-order valence-electron chi connectivity index (χ3n) is 3.92. The summed E-state index contributed by atoms with van der Waals surface area (Å²) < 4.78 is 0. The van der Waals surface area contributed by atoms with Gasteiger partial charge in [-0.15, -0.1) is 0 Å². The molecule has 3 heteroatoms. The molecule has 2 rings (SSSR count). The van der Waals surface area contributed by atoms with Crippen molar-refractivity contribution < 1.29 is 0 Å². The lowest BCUT2D eigenvalue weighted by Gasteiger charge is -2.19. The molecule has 0 aliphatic carbocycles. The van der Waals surface area contributed by atoms with Gasteiger partial charge in [-0.25, -0.2) is 0 Å². The maximum atomic E-state index is 5.23. The zero-order chi connectivity index (χ0) is 21.9. The molecule has 2 aromatic carbocycles. The number of benzene rings is 2. The fourth-order valence-electron chi connectivity index (χ4n) is 2.52. The number of allylic oxidation sites excluding steroid dienone is 4. The molecule has 0 saturated heterocycles. The lowest BCUT2D eigenvalue weighted by atomic mass is 10.1. The number of hydrogen-bond donors (Lipinski definition) is 2. The van der Waals surface area contributed by atoms with Crippen LogP contribution >= 0.6 is 0 Å². The SMILES string of the molecule is C=C/C=C(C)/C=C\CN.CC.CNCc1ccc(N(C)Cc2ccccc2)cc1. The fourth-order valence-corrected chi connectivity index (χ4v) is 2.52. The molecule has 0 spiro atoms. The van der Waals surface area contributed by atoms with Crippen LogP contribution in [0.3, 0.4) is 0 Å². The van der Waals surface area contributed by atoms with E-state index in [0.717, 1.165) is 13.1 Å². The first-order valence-electron chi connectivity index (χ1n) is 10.2. The maximum absolute atomic E-state index is 5.23. The minimum atomic E-state index is 0.600. The molecule has 0 amide bonds.